The maximum atomic E-state index is 13.0. The van der Waals surface area contributed by atoms with Gasteiger partial charge in [-0.05, 0) is 17.0 Å². The second-order valence-corrected chi connectivity index (χ2v) is 9.64. The third-order valence-corrected chi connectivity index (χ3v) is 6.46. The van der Waals surface area contributed by atoms with E-state index in [1.807, 2.05) is 72.8 Å². The lowest BCUT2D eigenvalue weighted by atomic mass is 10.0. The van der Waals surface area contributed by atoms with Crippen LogP contribution in [0.4, 0.5) is 11.6 Å². The molecule has 1 heterocycles. The van der Waals surface area contributed by atoms with E-state index in [1.54, 1.807) is 0 Å². The average Bonchev–Trinajstić information content (AvgIpc) is 2.97. The summed E-state index contributed by atoms with van der Waals surface area (Å²) in [5, 5.41) is 20.8. The smallest absolute Gasteiger partial charge is 0.274 e. The van der Waals surface area contributed by atoms with Crippen molar-refractivity contribution in [1.82, 2.24) is 25.9 Å². The molecule has 8 N–H and O–H groups in total. The van der Waals surface area contributed by atoms with Crippen LogP contribution in [0.1, 0.15) is 16.1 Å². The van der Waals surface area contributed by atoms with Gasteiger partial charge in [-0.1, -0.05) is 78.3 Å². The van der Waals surface area contributed by atoms with Crippen LogP contribution in [0.5, 0.6) is 5.75 Å². The topological polar surface area (TPSA) is 178 Å². The predicted octanol–water partition coefficient (Wildman–Crippen LogP) is 1.93. The standard InChI is InChI=1S/C29H32ClN7O4/c30-25-27(32)37-26(31)24(36-25)29(40)35-22(15-18-7-2-1-3-8-18)28(39)34-14-13-33-16-20(38)17-41-23-12-6-10-19-9-4-5-11-21(19)23/h1-12,20,22,33,38H,13-17H2,(H,34,39)(H,35,40)(H4,31,32,37). The fraction of sp³-hybridized carbons (Fsp3) is 0.241. The number of amides is 2. The third-order valence-electron chi connectivity index (χ3n) is 6.19. The van der Waals surface area contributed by atoms with E-state index in [1.165, 1.54) is 0 Å². The summed E-state index contributed by atoms with van der Waals surface area (Å²) in [7, 11) is 0. The van der Waals surface area contributed by atoms with Crippen LogP contribution in [0.15, 0.2) is 72.8 Å². The number of hydrogen-bond donors (Lipinski definition) is 6. The zero-order chi connectivity index (χ0) is 29.2. The van der Waals surface area contributed by atoms with Gasteiger partial charge in [-0.2, -0.15) is 0 Å². The number of halogens is 1. The number of nitrogen functional groups attached to an aromatic ring is 2. The molecule has 2 atom stereocenters. The molecule has 214 valence electrons. The fourth-order valence-electron chi connectivity index (χ4n) is 4.13. The Morgan fingerprint density at radius 2 is 1.66 bits per heavy atom. The number of nitrogens with zero attached hydrogens (tertiary/aromatic N) is 2. The number of nitrogens with one attached hydrogen (secondary N) is 3. The Kier molecular flexibility index (Phi) is 10.3. The molecule has 0 aliphatic carbocycles. The summed E-state index contributed by atoms with van der Waals surface area (Å²) in [4.78, 5) is 33.7. The molecule has 0 spiro atoms. The first kappa shape index (κ1) is 29.5. The normalized spacial score (nSPS) is 12.4. The first-order valence-corrected chi connectivity index (χ1v) is 13.4. The van der Waals surface area contributed by atoms with E-state index in [2.05, 4.69) is 25.9 Å². The molecule has 4 aromatic rings. The van der Waals surface area contributed by atoms with Gasteiger partial charge in [0.05, 0.1) is 0 Å². The Bertz CT molecular complexity index is 1480. The third kappa shape index (κ3) is 8.27. The number of carbonyl (C=O) groups excluding carboxylic acids is 2. The lowest BCUT2D eigenvalue weighted by Crippen LogP contribution is -2.49. The van der Waals surface area contributed by atoms with Gasteiger partial charge in [0.1, 0.15) is 24.5 Å². The molecule has 1 aromatic heterocycles. The number of aromatic nitrogens is 2. The molecule has 0 bridgehead atoms. The Morgan fingerprint density at radius 3 is 2.46 bits per heavy atom. The van der Waals surface area contributed by atoms with Crippen LogP contribution < -0.4 is 32.2 Å². The highest BCUT2D eigenvalue weighted by atomic mass is 35.5. The number of hydrogen-bond acceptors (Lipinski definition) is 9. The highest BCUT2D eigenvalue weighted by Crippen LogP contribution is 2.25. The van der Waals surface area contributed by atoms with Crippen molar-refractivity contribution in [3.63, 3.8) is 0 Å². The Hall–Kier alpha value is -4.45. The van der Waals surface area contributed by atoms with Crippen LogP contribution in [0.2, 0.25) is 5.15 Å². The molecule has 0 aliphatic heterocycles. The molecule has 2 unspecified atom stereocenters. The molecule has 41 heavy (non-hydrogen) atoms. The number of nitrogens with two attached hydrogens (primary N) is 2. The predicted molar refractivity (Wildman–Crippen MR) is 159 cm³/mol. The largest absolute Gasteiger partial charge is 0.490 e. The number of aliphatic hydroxyl groups excluding tert-OH is 1. The summed E-state index contributed by atoms with van der Waals surface area (Å²) >= 11 is 5.91. The van der Waals surface area contributed by atoms with Crippen LogP contribution in [-0.2, 0) is 11.2 Å². The maximum absolute atomic E-state index is 13.0. The van der Waals surface area contributed by atoms with Gasteiger partial charge in [0.15, 0.2) is 22.5 Å². The van der Waals surface area contributed by atoms with Crippen molar-refractivity contribution < 1.29 is 19.4 Å². The van der Waals surface area contributed by atoms with Gasteiger partial charge in [0.25, 0.3) is 5.91 Å². The fourth-order valence-corrected chi connectivity index (χ4v) is 4.25. The van der Waals surface area contributed by atoms with Crippen LogP contribution in [0.3, 0.4) is 0 Å². The minimum atomic E-state index is -0.929. The zero-order valence-corrected chi connectivity index (χ0v) is 23.0. The average molecular weight is 578 g/mol. The SMILES string of the molecule is Nc1nc(N)c(C(=O)NC(Cc2ccccc2)C(=O)NCCNCC(O)COc2cccc3ccccc23)nc1Cl. The molecular weight excluding hydrogens is 546 g/mol. The quantitative estimate of drug-likeness (QED) is 0.130. The van der Waals surface area contributed by atoms with Crippen molar-refractivity contribution in [3.05, 3.63) is 89.2 Å². The van der Waals surface area contributed by atoms with Crippen molar-refractivity contribution in [2.75, 3.05) is 37.7 Å². The van der Waals surface area contributed by atoms with E-state index >= 15 is 0 Å². The van der Waals surface area contributed by atoms with Gasteiger partial charge in [0, 0.05) is 31.4 Å². The van der Waals surface area contributed by atoms with Crippen LogP contribution in [-0.4, -0.2) is 65.3 Å². The summed E-state index contributed by atoms with van der Waals surface area (Å²) in [6.07, 6.45) is -0.528. The maximum Gasteiger partial charge on any atom is 0.274 e. The van der Waals surface area contributed by atoms with E-state index in [0.29, 0.717) is 12.3 Å². The van der Waals surface area contributed by atoms with E-state index < -0.39 is 24.0 Å². The Balaban J connectivity index is 1.26. The van der Waals surface area contributed by atoms with E-state index in [0.717, 1.165) is 16.3 Å². The van der Waals surface area contributed by atoms with Crippen LogP contribution in [0.25, 0.3) is 10.8 Å². The van der Waals surface area contributed by atoms with Crippen molar-refractivity contribution >= 4 is 45.8 Å². The van der Waals surface area contributed by atoms with Crippen molar-refractivity contribution in [1.29, 1.82) is 0 Å². The number of aliphatic hydroxyl groups is 1. The van der Waals surface area contributed by atoms with Gasteiger partial charge >= 0.3 is 0 Å². The summed E-state index contributed by atoms with van der Waals surface area (Å²) in [5.74, 6) is -0.709. The van der Waals surface area contributed by atoms with Crippen molar-refractivity contribution in [2.24, 2.45) is 0 Å². The lowest BCUT2D eigenvalue weighted by Gasteiger charge is -2.19. The summed E-state index contributed by atoms with van der Waals surface area (Å²) < 4.78 is 5.83. The molecule has 0 fully saturated rings. The van der Waals surface area contributed by atoms with E-state index in [4.69, 9.17) is 27.8 Å². The molecule has 0 saturated carbocycles. The number of carbonyl (C=O) groups is 2. The van der Waals surface area contributed by atoms with Crippen molar-refractivity contribution in [2.45, 2.75) is 18.6 Å². The van der Waals surface area contributed by atoms with Gasteiger partial charge in [-0.25, -0.2) is 9.97 Å². The minimum Gasteiger partial charge on any atom is -0.490 e. The lowest BCUT2D eigenvalue weighted by molar-refractivity contribution is -0.122. The summed E-state index contributed by atoms with van der Waals surface area (Å²) in [6.45, 7) is 1.02. The van der Waals surface area contributed by atoms with Gasteiger partial charge < -0.3 is 37.3 Å². The van der Waals surface area contributed by atoms with E-state index in [-0.39, 0.29) is 48.6 Å². The monoisotopic (exact) mass is 577 g/mol. The molecule has 3 aromatic carbocycles. The second kappa shape index (κ2) is 14.3. The number of ether oxygens (including phenoxy) is 1. The molecule has 0 saturated heterocycles. The van der Waals surface area contributed by atoms with Gasteiger partial charge in [-0.3, -0.25) is 9.59 Å². The Labute approximate surface area is 242 Å². The molecule has 11 nitrogen and oxygen atoms in total. The molecule has 4 rings (SSSR count). The minimum absolute atomic E-state index is 0.1000. The highest BCUT2D eigenvalue weighted by molar-refractivity contribution is 6.31. The molecule has 0 radical (unpaired) electrons. The molecule has 12 heteroatoms. The van der Waals surface area contributed by atoms with E-state index in [9.17, 15) is 14.7 Å². The first-order valence-electron chi connectivity index (χ1n) is 13.0. The summed E-state index contributed by atoms with van der Waals surface area (Å²) in [6, 6.07) is 22.0. The Morgan fingerprint density at radius 1 is 0.927 bits per heavy atom. The molecule has 2 amide bonds. The molecular formula is C29H32ClN7O4. The first-order chi connectivity index (χ1) is 19.8. The molecule has 0 aliphatic rings. The zero-order valence-electron chi connectivity index (χ0n) is 22.2. The highest BCUT2D eigenvalue weighted by Gasteiger charge is 2.24. The van der Waals surface area contributed by atoms with Gasteiger partial charge in [-0.15, -0.1) is 0 Å². The van der Waals surface area contributed by atoms with Gasteiger partial charge in [0.2, 0.25) is 5.91 Å². The number of fused-ring (bicyclic) bond motifs is 1. The number of benzene rings is 3. The number of anilines is 2. The second-order valence-electron chi connectivity index (χ2n) is 9.29. The van der Waals surface area contributed by atoms with Crippen LogP contribution >= 0.6 is 11.6 Å². The number of rotatable bonds is 13. The summed E-state index contributed by atoms with van der Waals surface area (Å²) in [5.41, 5.74) is 12.0. The van der Waals surface area contributed by atoms with Crippen LogP contribution in [0, 0.1) is 0 Å². The van der Waals surface area contributed by atoms with Crippen molar-refractivity contribution in [3.8, 4) is 5.75 Å².